The Kier molecular flexibility index (Phi) is 2.03. The molecule has 0 radical (unpaired) electrons. The van der Waals surface area contributed by atoms with Gasteiger partial charge in [0.1, 0.15) is 6.10 Å². The number of aryl methyl sites for hydroxylation is 1. The average molecular weight is 197 g/mol. The zero-order valence-electron chi connectivity index (χ0n) is 7.77. The van der Waals surface area contributed by atoms with Crippen LogP contribution in [0.4, 0.5) is 4.79 Å². The predicted molar refractivity (Wildman–Crippen MR) is 47.9 cm³/mol. The molecule has 0 aromatic carbocycles. The third-order valence-corrected chi connectivity index (χ3v) is 2.17. The summed E-state index contributed by atoms with van der Waals surface area (Å²) >= 11 is 0. The number of carbonyl (C=O) groups is 1. The molecular formula is C8H11N3O3. The molecule has 1 fully saturated rings. The molecule has 1 aromatic rings. The van der Waals surface area contributed by atoms with Gasteiger partial charge < -0.3 is 14.6 Å². The maximum absolute atomic E-state index is 11.4. The summed E-state index contributed by atoms with van der Waals surface area (Å²) < 4.78 is 7.91. The lowest BCUT2D eigenvalue weighted by atomic mass is 10.3. The van der Waals surface area contributed by atoms with Gasteiger partial charge in [-0.05, 0) is 0 Å². The molecule has 2 heterocycles. The number of aromatic nitrogens is 2. The summed E-state index contributed by atoms with van der Waals surface area (Å²) in [4.78, 5) is 22.1. The lowest BCUT2D eigenvalue weighted by Gasteiger charge is -2.06. The van der Waals surface area contributed by atoms with Crippen LogP contribution in [0.5, 0.6) is 0 Å². The number of carbonyl (C=O) groups excluding carboxylic acids is 1. The van der Waals surface area contributed by atoms with Crippen molar-refractivity contribution in [2.45, 2.75) is 12.6 Å². The van der Waals surface area contributed by atoms with Gasteiger partial charge in [0.05, 0.1) is 13.1 Å². The predicted octanol–water partition coefficient (Wildman–Crippen LogP) is -0.705. The summed E-state index contributed by atoms with van der Waals surface area (Å²) in [6.45, 7) is 0.860. The van der Waals surface area contributed by atoms with Crippen LogP contribution in [0.1, 0.15) is 0 Å². The van der Waals surface area contributed by atoms with Gasteiger partial charge in [-0.3, -0.25) is 4.57 Å². The van der Waals surface area contributed by atoms with E-state index in [1.807, 2.05) is 0 Å². The topological polar surface area (TPSA) is 65.3 Å². The van der Waals surface area contributed by atoms with Gasteiger partial charge in [0.25, 0.3) is 0 Å². The molecule has 1 saturated heterocycles. The highest BCUT2D eigenvalue weighted by atomic mass is 16.6. The first-order valence-corrected chi connectivity index (χ1v) is 4.33. The fraction of sp³-hybridized carbons (Fsp3) is 0.500. The Labute approximate surface area is 80.1 Å². The van der Waals surface area contributed by atoms with Crippen molar-refractivity contribution >= 4 is 6.09 Å². The number of alkyl carbamates (subject to hydrolysis) is 1. The van der Waals surface area contributed by atoms with E-state index in [4.69, 9.17) is 4.74 Å². The van der Waals surface area contributed by atoms with E-state index in [-0.39, 0.29) is 11.8 Å². The molecule has 1 aliphatic rings. The third kappa shape index (κ3) is 1.50. The number of nitrogens with one attached hydrogen (secondary N) is 1. The number of ether oxygens (including phenoxy) is 1. The lowest BCUT2D eigenvalue weighted by Crippen LogP contribution is -2.28. The van der Waals surface area contributed by atoms with Crippen LogP contribution in [0.25, 0.3) is 0 Å². The van der Waals surface area contributed by atoms with Crippen molar-refractivity contribution in [2.24, 2.45) is 7.05 Å². The van der Waals surface area contributed by atoms with E-state index in [0.717, 1.165) is 0 Å². The number of hydrogen-bond donors (Lipinski definition) is 1. The SMILES string of the molecule is Cn1ccn(CC2CNC(=O)O2)c1=O. The maximum atomic E-state index is 11.4. The molecule has 0 saturated carbocycles. The molecule has 1 atom stereocenters. The third-order valence-electron chi connectivity index (χ3n) is 2.17. The average Bonchev–Trinajstić information content (AvgIpc) is 2.67. The maximum Gasteiger partial charge on any atom is 0.407 e. The Bertz CT molecular complexity index is 406. The van der Waals surface area contributed by atoms with E-state index in [1.54, 1.807) is 19.4 Å². The van der Waals surface area contributed by atoms with Crippen LogP contribution >= 0.6 is 0 Å². The van der Waals surface area contributed by atoms with Crippen molar-refractivity contribution in [3.63, 3.8) is 0 Å². The van der Waals surface area contributed by atoms with Crippen LogP contribution in [-0.2, 0) is 18.3 Å². The summed E-state index contributed by atoms with van der Waals surface area (Å²) in [7, 11) is 1.68. The lowest BCUT2D eigenvalue weighted by molar-refractivity contribution is 0.130. The van der Waals surface area contributed by atoms with Crippen molar-refractivity contribution in [3.8, 4) is 0 Å². The fourth-order valence-electron chi connectivity index (χ4n) is 1.40. The molecule has 0 spiro atoms. The molecule has 76 valence electrons. The molecule has 1 aliphatic heterocycles. The summed E-state index contributed by atoms with van der Waals surface area (Å²) in [6, 6.07) is 0. The van der Waals surface area contributed by atoms with E-state index >= 15 is 0 Å². The standard InChI is InChI=1S/C8H11N3O3/c1-10-2-3-11(8(10)13)5-6-4-9-7(12)14-6/h2-3,6H,4-5H2,1H3,(H,9,12). The highest BCUT2D eigenvalue weighted by Gasteiger charge is 2.23. The van der Waals surface area contributed by atoms with E-state index < -0.39 is 6.09 Å². The summed E-state index contributed by atoms with van der Waals surface area (Å²) in [5.41, 5.74) is -0.104. The first-order valence-electron chi connectivity index (χ1n) is 4.33. The first-order chi connectivity index (χ1) is 6.66. The second-order valence-corrected chi connectivity index (χ2v) is 3.25. The second-order valence-electron chi connectivity index (χ2n) is 3.25. The smallest absolute Gasteiger partial charge is 0.407 e. The summed E-state index contributed by atoms with van der Waals surface area (Å²) in [6.07, 6.45) is 2.68. The molecule has 6 heteroatoms. The minimum absolute atomic E-state index is 0.104. The van der Waals surface area contributed by atoms with Crippen molar-refractivity contribution in [1.29, 1.82) is 0 Å². The summed E-state index contributed by atoms with van der Waals surface area (Å²) in [5.74, 6) is 0. The Morgan fingerprint density at radius 3 is 2.86 bits per heavy atom. The number of hydrogen-bond acceptors (Lipinski definition) is 3. The normalized spacial score (nSPS) is 20.6. The van der Waals surface area contributed by atoms with Crippen molar-refractivity contribution in [2.75, 3.05) is 6.54 Å². The first kappa shape index (κ1) is 8.86. The van der Waals surface area contributed by atoms with Crippen molar-refractivity contribution in [3.05, 3.63) is 22.9 Å². The largest absolute Gasteiger partial charge is 0.442 e. The van der Waals surface area contributed by atoms with E-state index in [2.05, 4.69) is 5.32 Å². The van der Waals surface area contributed by atoms with E-state index in [0.29, 0.717) is 13.1 Å². The quantitative estimate of drug-likeness (QED) is 0.681. The monoisotopic (exact) mass is 197 g/mol. The van der Waals surface area contributed by atoms with Gasteiger partial charge in [-0.25, -0.2) is 9.59 Å². The second kappa shape index (κ2) is 3.21. The molecule has 14 heavy (non-hydrogen) atoms. The van der Waals surface area contributed by atoms with Gasteiger partial charge in [-0.2, -0.15) is 0 Å². The molecule has 1 amide bonds. The van der Waals surface area contributed by atoms with Crippen LogP contribution in [0, 0.1) is 0 Å². The Morgan fingerprint density at radius 1 is 1.57 bits per heavy atom. The molecule has 0 aliphatic carbocycles. The number of amides is 1. The van der Waals surface area contributed by atoms with Gasteiger partial charge in [0, 0.05) is 19.4 Å². The van der Waals surface area contributed by atoms with E-state index in [1.165, 1.54) is 9.13 Å². The Hall–Kier alpha value is -1.72. The van der Waals surface area contributed by atoms with Gasteiger partial charge in [0.2, 0.25) is 0 Å². The number of nitrogens with zero attached hydrogens (tertiary/aromatic N) is 2. The fourth-order valence-corrected chi connectivity index (χ4v) is 1.40. The molecule has 0 bridgehead atoms. The van der Waals surface area contributed by atoms with Crippen LogP contribution < -0.4 is 11.0 Å². The highest BCUT2D eigenvalue weighted by Crippen LogP contribution is 2.01. The summed E-state index contributed by atoms with van der Waals surface area (Å²) in [5, 5.41) is 2.53. The van der Waals surface area contributed by atoms with E-state index in [9.17, 15) is 9.59 Å². The molecule has 1 aromatic heterocycles. The van der Waals surface area contributed by atoms with Crippen LogP contribution in [-0.4, -0.2) is 27.9 Å². The molecular weight excluding hydrogens is 186 g/mol. The van der Waals surface area contributed by atoms with Gasteiger partial charge in [-0.1, -0.05) is 0 Å². The molecule has 1 N–H and O–H groups in total. The Morgan fingerprint density at radius 2 is 2.36 bits per heavy atom. The minimum atomic E-state index is -0.418. The Balaban J connectivity index is 2.08. The molecule has 2 rings (SSSR count). The zero-order valence-corrected chi connectivity index (χ0v) is 7.77. The highest BCUT2D eigenvalue weighted by molar-refractivity contribution is 5.69. The van der Waals surface area contributed by atoms with Crippen LogP contribution in [0.15, 0.2) is 17.2 Å². The number of cyclic esters (lactones) is 1. The van der Waals surface area contributed by atoms with Gasteiger partial charge in [-0.15, -0.1) is 0 Å². The molecule has 6 nitrogen and oxygen atoms in total. The number of rotatable bonds is 2. The zero-order chi connectivity index (χ0) is 10.1. The van der Waals surface area contributed by atoms with Crippen LogP contribution in [0.3, 0.4) is 0 Å². The van der Waals surface area contributed by atoms with Crippen molar-refractivity contribution < 1.29 is 9.53 Å². The number of imidazole rings is 1. The van der Waals surface area contributed by atoms with Crippen LogP contribution in [0.2, 0.25) is 0 Å². The van der Waals surface area contributed by atoms with Crippen molar-refractivity contribution in [1.82, 2.24) is 14.5 Å². The van der Waals surface area contributed by atoms with Gasteiger partial charge >= 0.3 is 11.8 Å². The minimum Gasteiger partial charge on any atom is -0.442 e. The van der Waals surface area contributed by atoms with Gasteiger partial charge in [0.15, 0.2) is 0 Å². The molecule has 1 unspecified atom stereocenters.